The van der Waals surface area contributed by atoms with Crippen LogP contribution in [0.15, 0.2) is 52.6 Å². The van der Waals surface area contributed by atoms with E-state index in [1.54, 1.807) is 6.07 Å². The van der Waals surface area contributed by atoms with Gasteiger partial charge in [-0.15, -0.1) is 12.4 Å². The number of hydrogen-bond donors (Lipinski definition) is 0. The number of aryl methyl sites for hydroxylation is 1. The summed E-state index contributed by atoms with van der Waals surface area (Å²) in [6, 6.07) is 11.2. The van der Waals surface area contributed by atoms with Crippen LogP contribution in [0.3, 0.4) is 0 Å². The topological polar surface area (TPSA) is 29.3 Å². The SMILES string of the molecule is Cl.Fc1ccc(C=C2CCN(CCCc3noc4cc(F)ccc34)CC2)cc1. The Morgan fingerprint density at radius 3 is 2.46 bits per heavy atom. The average Bonchev–Trinajstić information content (AvgIpc) is 3.07. The van der Waals surface area contributed by atoms with Crippen molar-refractivity contribution in [3.05, 3.63) is 70.9 Å². The molecule has 0 atom stereocenters. The van der Waals surface area contributed by atoms with E-state index >= 15 is 0 Å². The smallest absolute Gasteiger partial charge is 0.170 e. The summed E-state index contributed by atoms with van der Waals surface area (Å²) in [7, 11) is 0. The van der Waals surface area contributed by atoms with Crippen LogP contribution in [-0.2, 0) is 6.42 Å². The molecule has 28 heavy (non-hydrogen) atoms. The number of aromatic nitrogens is 1. The fourth-order valence-electron chi connectivity index (χ4n) is 3.62. The molecule has 1 fully saturated rings. The summed E-state index contributed by atoms with van der Waals surface area (Å²) in [4.78, 5) is 2.46. The van der Waals surface area contributed by atoms with Gasteiger partial charge in [0.1, 0.15) is 11.6 Å². The molecule has 4 rings (SSSR count). The van der Waals surface area contributed by atoms with Gasteiger partial charge in [0.25, 0.3) is 0 Å². The number of halogens is 3. The van der Waals surface area contributed by atoms with Gasteiger partial charge in [0, 0.05) is 24.5 Å². The molecule has 1 saturated heterocycles. The summed E-state index contributed by atoms with van der Waals surface area (Å²) in [6.07, 6.45) is 6.09. The predicted molar refractivity (Wildman–Crippen MR) is 110 cm³/mol. The van der Waals surface area contributed by atoms with E-state index in [0.717, 1.165) is 62.0 Å². The Kier molecular flexibility index (Phi) is 6.81. The molecule has 3 aromatic rings. The summed E-state index contributed by atoms with van der Waals surface area (Å²) in [5, 5.41) is 4.99. The van der Waals surface area contributed by atoms with E-state index in [2.05, 4.69) is 16.1 Å². The number of likely N-dealkylation sites (tertiary alicyclic amines) is 1. The van der Waals surface area contributed by atoms with Gasteiger partial charge in [-0.2, -0.15) is 0 Å². The van der Waals surface area contributed by atoms with Crippen LogP contribution in [0.1, 0.15) is 30.5 Å². The molecule has 2 heterocycles. The number of rotatable bonds is 5. The van der Waals surface area contributed by atoms with E-state index in [1.807, 2.05) is 12.1 Å². The van der Waals surface area contributed by atoms with Crippen molar-refractivity contribution in [1.29, 1.82) is 0 Å². The van der Waals surface area contributed by atoms with E-state index in [4.69, 9.17) is 4.52 Å². The van der Waals surface area contributed by atoms with Crippen LogP contribution in [-0.4, -0.2) is 29.7 Å². The molecule has 0 N–H and O–H groups in total. The Morgan fingerprint density at radius 1 is 1.00 bits per heavy atom. The quantitative estimate of drug-likeness (QED) is 0.551. The Labute approximate surface area is 169 Å². The molecule has 1 aliphatic heterocycles. The number of fused-ring (bicyclic) bond motifs is 1. The largest absolute Gasteiger partial charge is 0.356 e. The second-order valence-corrected chi connectivity index (χ2v) is 7.07. The van der Waals surface area contributed by atoms with Crippen molar-refractivity contribution in [2.45, 2.75) is 25.7 Å². The lowest BCUT2D eigenvalue weighted by atomic mass is 10.0. The fourth-order valence-corrected chi connectivity index (χ4v) is 3.62. The first-order valence-electron chi connectivity index (χ1n) is 9.38. The van der Waals surface area contributed by atoms with Crippen LogP contribution in [0.5, 0.6) is 0 Å². The summed E-state index contributed by atoms with van der Waals surface area (Å²) >= 11 is 0. The highest BCUT2D eigenvalue weighted by Gasteiger charge is 2.15. The molecule has 0 saturated carbocycles. The highest BCUT2D eigenvalue weighted by atomic mass is 35.5. The first-order chi connectivity index (χ1) is 13.2. The molecule has 0 spiro atoms. The normalized spacial score (nSPS) is 14.9. The van der Waals surface area contributed by atoms with Crippen LogP contribution < -0.4 is 0 Å². The van der Waals surface area contributed by atoms with Crippen LogP contribution in [0, 0.1) is 11.6 Å². The molecule has 3 nitrogen and oxygen atoms in total. The number of benzene rings is 2. The fraction of sp³-hybridized carbons (Fsp3) is 0.318. The lowest BCUT2D eigenvalue weighted by molar-refractivity contribution is 0.253. The summed E-state index contributed by atoms with van der Waals surface area (Å²) in [5.41, 5.74) is 3.90. The maximum absolute atomic E-state index is 13.2. The van der Waals surface area contributed by atoms with Gasteiger partial charge in [-0.1, -0.05) is 28.9 Å². The van der Waals surface area contributed by atoms with Crippen LogP contribution in [0.4, 0.5) is 8.78 Å². The Balaban J connectivity index is 0.00000225. The standard InChI is InChI=1S/C22H22F2N2O.ClH/c23-18-5-3-16(4-6-18)14-17-9-12-26(13-10-17)11-1-2-21-20-8-7-19(24)15-22(20)27-25-21;/h3-8,14-15H,1-2,9-13H2;1H. The number of piperidine rings is 1. The summed E-state index contributed by atoms with van der Waals surface area (Å²) in [5.74, 6) is -0.500. The molecule has 0 aliphatic carbocycles. The van der Waals surface area contributed by atoms with Gasteiger partial charge < -0.3 is 9.42 Å². The Bertz CT molecular complexity index is 943. The monoisotopic (exact) mass is 404 g/mol. The van der Waals surface area contributed by atoms with Gasteiger partial charge in [0.05, 0.1) is 5.69 Å². The number of hydrogen-bond acceptors (Lipinski definition) is 3. The summed E-state index contributed by atoms with van der Waals surface area (Å²) < 4.78 is 31.4. The van der Waals surface area contributed by atoms with Gasteiger partial charge >= 0.3 is 0 Å². The van der Waals surface area contributed by atoms with Crippen LogP contribution >= 0.6 is 12.4 Å². The van der Waals surface area contributed by atoms with Gasteiger partial charge in [0.2, 0.25) is 0 Å². The maximum atomic E-state index is 13.2. The lowest BCUT2D eigenvalue weighted by Crippen LogP contribution is -2.31. The molecule has 0 amide bonds. The zero-order valence-corrected chi connectivity index (χ0v) is 16.4. The van der Waals surface area contributed by atoms with Crippen molar-refractivity contribution in [2.24, 2.45) is 0 Å². The van der Waals surface area contributed by atoms with E-state index in [-0.39, 0.29) is 24.0 Å². The molecule has 148 valence electrons. The van der Waals surface area contributed by atoms with Crippen LogP contribution in [0.2, 0.25) is 0 Å². The Morgan fingerprint density at radius 2 is 1.71 bits per heavy atom. The molecular formula is C22H23ClF2N2O. The molecule has 0 unspecified atom stereocenters. The highest BCUT2D eigenvalue weighted by Crippen LogP contribution is 2.22. The van der Waals surface area contributed by atoms with Gasteiger partial charge in [0.15, 0.2) is 5.58 Å². The second kappa shape index (κ2) is 9.30. The summed E-state index contributed by atoms with van der Waals surface area (Å²) in [6.45, 7) is 3.09. The maximum Gasteiger partial charge on any atom is 0.170 e. The first-order valence-corrected chi connectivity index (χ1v) is 9.38. The molecule has 6 heteroatoms. The average molecular weight is 405 g/mol. The second-order valence-electron chi connectivity index (χ2n) is 7.07. The minimum atomic E-state index is -0.303. The molecule has 2 aromatic carbocycles. The Hall–Kier alpha value is -2.24. The molecule has 0 bridgehead atoms. The number of nitrogens with zero attached hydrogens (tertiary/aromatic N) is 2. The minimum absolute atomic E-state index is 0. The van der Waals surface area contributed by atoms with Crippen molar-refractivity contribution in [2.75, 3.05) is 19.6 Å². The predicted octanol–water partition coefficient (Wildman–Crippen LogP) is 5.64. The van der Waals surface area contributed by atoms with Crippen molar-refractivity contribution >= 4 is 29.5 Å². The van der Waals surface area contributed by atoms with E-state index in [9.17, 15) is 8.78 Å². The van der Waals surface area contributed by atoms with Gasteiger partial charge in [-0.25, -0.2) is 8.78 Å². The molecule has 0 radical (unpaired) electrons. The van der Waals surface area contributed by atoms with Crippen molar-refractivity contribution < 1.29 is 13.3 Å². The van der Waals surface area contributed by atoms with Crippen molar-refractivity contribution in [3.8, 4) is 0 Å². The van der Waals surface area contributed by atoms with E-state index in [0.29, 0.717) is 5.58 Å². The van der Waals surface area contributed by atoms with Gasteiger partial charge in [-0.3, -0.25) is 0 Å². The lowest BCUT2D eigenvalue weighted by Gasteiger charge is -2.28. The molecule has 1 aromatic heterocycles. The van der Waals surface area contributed by atoms with Gasteiger partial charge in [-0.05, 0) is 62.1 Å². The highest BCUT2D eigenvalue weighted by molar-refractivity contribution is 5.85. The minimum Gasteiger partial charge on any atom is -0.356 e. The van der Waals surface area contributed by atoms with E-state index < -0.39 is 0 Å². The zero-order chi connectivity index (χ0) is 18.6. The molecule has 1 aliphatic rings. The van der Waals surface area contributed by atoms with Crippen molar-refractivity contribution in [3.63, 3.8) is 0 Å². The molecular weight excluding hydrogens is 382 g/mol. The third-order valence-electron chi connectivity index (χ3n) is 5.14. The first kappa shape index (κ1) is 20.5. The van der Waals surface area contributed by atoms with E-state index in [1.165, 1.54) is 29.8 Å². The third kappa shape index (κ3) is 4.97. The zero-order valence-electron chi connectivity index (χ0n) is 15.5. The van der Waals surface area contributed by atoms with Crippen LogP contribution in [0.25, 0.3) is 17.0 Å². The van der Waals surface area contributed by atoms with Crippen molar-refractivity contribution in [1.82, 2.24) is 10.1 Å². The third-order valence-corrected chi connectivity index (χ3v) is 5.14.